The normalized spacial score (nSPS) is 15.0. The number of ether oxygens (including phenoxy) is 1. The highest BCUT2D eigenvalue weighted by atomic mass is 32.2. The Kier molecular flexibility index (Phi) is 6.12. The molecule has 1 aromatic carbocycles. The smallest absolute Gasteiger partial charge is 0.255 e. The Bertz CT molecular complexity index is 1150. The number of pyridine rings is 1. The number of aromatic nitrogens is 3. The fourth-order valence-electron chi connectivity index (χ4n) is 3.36. The molecule has 0 atom stereocenters. The van der Waals surface area contributed by atoms with Gasteiger partial charge in [0.1, 0.15) is 0 Å². The van der Waals surface area contributed by atoms with Crippen molar-refractivity contribution in [2.75, 3.05) is 31.6 Å². The first-order valence-corrected chi connectivity index (χ1v) is 11.4. The molecule has 3 aromatic rings. The molecule has 4 rings (SSSR count). The molecule has 1 amide bonds. The summed E-state index contributed by atoms with van der Waals surface area (Å²) in [5, 5.41) is 6.88. The quantitative estimate of drug-likeness (QED) is 0.628. The Morgan fingerprint density at radius 1 is 1.19 bits per heavy atom. The lowest BCUT2D eigenvalue weighted by Crippen LogP contribution is -2.41. The van der Waals surface area contributed by atoms with Crippen LogP contribution < -0.4 is 5.32 Å². The number of sulfonamides is 1. The number of aryl methyl sites for hydroxylation is 1. The lowest BCUT2D eigenvalue weighted by Gasteiger charge is -2.27. The van der Waals surface area contributed by atoms with Crippen LogP contribution in [-0.4, -0.2) is 59.7 Å². The van der Waals surface area contributed by atoms with Crippen molar-refractivity contribution >= 4 is 21.6 Å². The van der Waals surface area contributed by atoms with E-state index < -0.39 is 15.9 Å². The number of hydrogen-bond donors (Lipinski definition) is 1. The maximum atomic E-state index is 13.2. The summed E-state index contributed by atoms with van der Waals surface area (Å²) in [6, 6.07) is 10.0. The predicted molar refractivity (Wildman–Crippen MR) is 115 cm³/mol. The van der Waals surface area contributed by atoms with Crippen LogP contribution in [0.2, 0.25) is 0 Å². The van der Waals surface area contributed by atoms with Gasteiger partial charge in [0.15, 0.2) is 5.82 Å². The zero-order chi connectivity index (χ0) is 21.8. The lowest BCUT2D eigenvalue weighted by molar-refractivity contribution is 0.0730. The highest BCUT2D eigenvalue weighted by Crippen LogP contribution is 2.24. The minimum Gasteiger partial charge on any atom is -0.379 e. The SMILES string of the molecule is CCc1ccc(C(=O)Nc2ccc(-n3cccn3)nc2)cc1S(=O)(=O)N1CCOCC1. The molecule has 0 spiro atoms. The van der Waals surface area contributed by atoms with Gasteiger partial charge in [0.2, 0.25) is 10.0 Å². The molecule has 2 aromatic heterocycles. The molecule has 1 fully saturated rings. The molecule has 162 valence electrons. The Balaban J connectivity index is 1.56. The molecule has 1 saturated heterocycles. The monoisotopic (exact) mass is 441 g/mol. The molecule has 1 N–H and O–H groups in total. The van der Waals surface area contributed by atoms with Gasteiger partial charge >= 0.3 is 0 Å². The van der Waals surface area contributed by atoms with E-state index in [1.807, 2.05) is 6.92 Å². The molecule has 0 radical (unpaired) electrons. The van der Waals surface area contributed by atoms with E-state index in [0.29, 0.717) is 49.8 Å². The summed E-state index contributed by atoms with van der Waals surface area (Å²) in [4.78, 5) is 17.2. The van der Waals surface area contributed by atoms with Gasteiger partial charge in [0.25, 0.3) is 5.91 Å². The van der Waals surface area contributed by atoms with Crippen LogP contribution in [0.1, 0.15) is 22.8 Å². The maximum Gasteiger partial charge on any atom is 0.255 e. The molecule has 0 bridgehead atoms. The van der Waals surface area contributed by atoms with E-state index in [-0.39, 0.29) is 10.5 Å². The van der Waals surface area contributed by atoms with Crippen LogP contribution in [-0.2, 0) is 21.2 Å². The number of rotatable bonds is 6. The second-order valence-electron chi connectivity index (χ2n) is 7.00. The standard InChI is InChI=1S/C21H23N5O4S/c1-2-16-4-5-17(14-19(16)31(28,29)25-10-12-30-13-11-25)21(27)24-18-6-7-20(22-15-18)26-9-3-8-23-26/h3-9,14-15H,2,10-13H2,1H3,(H,24,27). The van der Waals surface area contributed by atoms with Gasteiger partial charge in [-0.3, -0.25) is 4.79 Å². The minimum atomic E-state index is -3.71. The summed E-state index contributed by atoms with van der Waals surface area (Å²) in [5.41, 5.74) is 1.44. The number of carbonyl (C=O) groups is 1. The third kappa shape index (κ3) is 4.50. The second-order valence-corrected chi connectivity index (χ2v) is 8.91. The third-order valence-electron chi connectivity index (χ3n) is 5.04. The lowest BCUT2D eigenvalue weighted by atomic mass is 10.1. The summed E-state index contributed by atoms with van der Waals surface area (Å²) in [6.45, 7) is 3.22. The molecule has 1 aliphatic heterocycles. The zero-order valence-electron chi connectivity index (χ0n) is 17.1. The summed E-state index contributed by atoms with van der Waals surface area (Å²) in [5.74, 6) is 0.212. The van der Waals surface area contributed by atoms with E-state index in [2.05, 4.69) is 15.4 Å². The second kappa shape index (κ2) is 8.96. The fraction of sp³-hybridized carbons (Fsp3) is 0.286. The van der Waals surface area contributed by atoms with E-state index in [4.69, 9.17) is 4.74 Å². The van der Waals surface area contributed by atoms with Crippen molar-refractivity contribution in [2.24, 2.45) is 0 Å². The van der Waals surface area contributed by atoms with Crippen molar-refractivity contribution in [3.63, 3.8) is 0 Å². The highest BCUT2D eigenvalue weighted by molar-refractivity contribution is 7.89. The van der Waals surface area contributed by atoms with Crippen molar-refractivity contribution < 1.29 is 17.9 Å². The van der Waals surface area contributed by atoms with E-state index >= 15 is 0 Å². The molecular formula is C21H23N5O4S. The van der Waals surface area contributed by atoms with E-state index in [0.717, 1.165) is 0 Å². The van der Waals surface area contributed by atoms with Crippen LogP contribution in [0.4, 0.5) is 5.69 Å². The van der Waals surface area contributed by atoms with Crippen LogP contribution in [0, 0.1) is 0 Å². The number of morpholine rings is 1. The molecule has 31 heavy (non-hydrogen) atoms. The van der Waals surface area contributed by atoms with Crippen LogP contribution in [0.15, 0.2) is 59.9 Å². The van der Waals surface area contributed by atoms with Crippen LogP contribution in [0.5, 0.6) is 0 Å². The first kappa shape index (κ1) is 21.2. The van der Waals surface area contributed by atoms with Crippen LogP contribution in [0.25, 0.3) is 5.82 Å². The highest BCUT2D eigenvalue weighted by Gasteiger charge is 2.29. The summed E-state index contributed by atoms with van der Waals surface area (Å²) in [7, 11) is -3.71. The number of anilines is 1. The number of carbonyl (C=O) groups excluding carboxylic acids is 1. The molecule has 3 heterocycles. The number of nitrogens with one attached hydrogen (secondary N) is 1. The third-order valence-corrected chi connectivity index (χ3v) is 7.02. The molecule has 1 aliphatic rings. The van der Waals surface area contributed by atoms with E-state index in [1.54, 1.807) is 47.4 Å². The van der Waals surface area contributed by atoms with Crippen LogP contribution in [0.3, 0.4) is 0 Å². The summed E-state index contributed by atoms with van der Waals surface area (Å²) < 4.78 is 34.6. The first-order chi connectivity index (χ1) is 15.0. The average molecular weight is 442 g/mol. The van der Waals surface area contributed by atoms with E-state index in [1.165, 1.54) is 16.6 Å². The van der Waals surface area contributed by atoms with Crippen molar-refractivity contribution in [3.8, 4) is 5.82 Å². The minimum absolute atomic E-state index is 0.164. The number of benzene rings is 1. The van der Waals surface area contributed by atoms with Gasteiger partial charge in [-0.25, -0.2) is 18.1 Å². The predicted octanol–water partition coefficient (Wildman–Crippen LogP) is 2.10. The molecule has 9 nitrogen and oxygen atoms in total. The topological polar surface area (TPSA) is 106 Å². The van der Waals surface area contributed by atoms with Crippen molar-refractivity contribution in [1.82, 2.24) is 19.1 Å². The number of hydrogen-bond acceptors (Lipinski definition) is 6. The Morgan fingerprint density at radius 2 is 2.00 bits per heavy atom. The van der Waals surface area contributed by atoms with Gasteiger partial charge in [0, 0.05) is 31.0 Å². The molecule has 0 unspecified atom stereocenters. The molecule has 10 heteroatoms. The van der Waals surface area contributed by atoms with E-state index in [9.17, 15) is 13.2 Å². The van der Waals surface area contributed by atoms with Gasteiger partial charge in [-0.1, -0.05) is 13.0 Å². The first-order valence-electron chi connectivity index (χ1n) is 9.97. The molecule has 0 aliphatic carbocycles. The zero-order valence-corrected chi connectivity index (χ0v) is 17.9. The summed E-state index contributed by atoms with van der Waals surface area (Å²) >= 11 is 0. The van der Waals surface area contributed by atoms with Gasteiger partial charge in [-0.2, -0.15) is 9.40 Å². The molecule has 0 saturated carbocycles. The van der Waals surface area contributed by atoms with Gasteiger partial charge in [0.05, 0.1) is 30.0 Å². The van der Waals surface area contributed by atoms with Gasteiger partial charge in [-0.15, -0.1) is 0 Å². The summed E-state index contributed by atoms with van der Waals surface area (Å²) in [6.07, 6.45) is 5.49. The largest absolute Gasteiger partial charge is 0.379 e. The Hall–Kier alpha value is -3.08. The number of amides is 1. The van der Waals surface area contributed by atoms with Gasteiger partial charge in [-0.05, 0) is 42.3 Å². The fourth-order valence-corrected chi connectivity index (χ4v) is 5.08. The van der Waals surface area contributed by atoms with Crippen molar-refractivity contribution in [1.29, 1.82) is 0 Å². The molecular weight excluding hydrogens is 418 g/mol. The number of nitrogens with zero attached hydrogens (tertiary/aromatic N) is 4. The Morgan fingerprint density at radius 3 is 2.65 bits per heavy atom. The maximum absolute atomic E-state index is 13.2. The van der Waals surface area contributed by atoms with Crippen molar-refractivity contribution in [3.05, 3.63) is 66.1 Å². The van der Waals surface area contributed by atoms with Crippen molar-refractivity contribution in [2.45, 2.75) is 18.2 Å². The average Bonchev–Trinajstić information content (AvgIpc) is 3.34. The van der Waals surface area contributed by atoms with Crippen LogP contribution >= 0.6 is 0 Å². The van der Waals surface area contributed by atoms with Gasteiger partial charge < -0.3 is 10.1 Å². The Labute approximate surface area is 180 Å².